The van der Waals surface area contributed by atoms with E-state index in [1.54, 1.807) is 40.6 Å². The fourth-order valence-electron chi connectivity index (χ4n) is 2.84. The number of aromatic nitrogens is 2. The molecule has 0 fully saturated rings. The molecule has 1 N–H and O–H groups in total. The Labute approximate surface area is 150 Å². The number of anilines is 1. The first-order chi connectivity index (χ1) is 12.5. The second-order valence-electron chi connectivity index (χ2n) is 6.13. The molecule has 0 amide bonds. The summed E-state index contributed by atoms with van der Waals surface area (Å²) in [6, 6.07) is 7.63. The van der Waals surface area contributed by atoms with Crippen molar-refractivity contribution in [1.82, 2.24) is 15.0 Å². The van der Waals surface area contributed by atoms with Crippen molar-refractivity contribution in [2.24, 2.45) is 5.92 Å². The van der Waals surface area contributed by atoms with Crippen LogP contribution in [0.5, 0.6) is 0 Å². The number of carbonyl (C=O) groups is 1. The second kappa shape index (κ2) is 7.35. The third-order valence-corrected chi connectivity index (χ3v) is 4.01. The summed E-state index contributed by atoms with van der Waals surface area (Å²) < 4.78 is 13.3. The van der Waals surface area contributed by atoms with Gasteiger partial charge in [-0.25, -0.2) is 24.2 Å². The molecular weight excluding hydrogens is 335 g/mol. The van der Waals surface area contributed by atoms with Crippen LogP contribution in [0.1, 0.15) is 25.5 Å². The van der Waals surface area contributed by atoms with Crippen molar-refractivity contribution in [2.45, 2.75) is 19.9 Å². The van der Waals surface area contributed by atoms with Crippen LogP contribution in [0.3, 0.4) is 0 Å². The lowest BCUT2D eigenvalue weighted by atomic mass is 10.0. The summed E-state index contributed by atoms with van der Waals surface area (Å²) in [5.41, 5.74) is 1.76. The maximum atomic E-state index is 13.3. The van der Waals surface area contributed by atoms with Gasteiger partial charge >= 0.3 is 5.97 Å². The second-order valence-corrected chi connectivity index (χ2v) is 6.13. The molecule has 1 aliphatic heterocycles. The number of rotatable bonds is 5. The highest BCUT2D eigenvalue weighted by Gasteiger charge is 2.35. The fourth-order valence-corrected chi connectivity index (χ4v) is 2.84. The summed E-state index contributed by atoms with van der Waals surface area (Å²) in [7, 11) is 0. The number of carboxylic acid groups (broad SMARTS) is 1. The first-order valence-electron chi connectivity index (χ1n) is 8.21. The highest BCUT2D eigenvalue weighted by Crippen LogP contribution is 2.39. The number of aliphatic carboxylic acids is 1. The van der Waals surface area contributed by atoms with Crippen molar-refractivity contribution in [3.05, 3.63) is 78.2 Å². The summed E-state index contributed by atoms with van der Waals surface area (Å²) in [5.74, 6) is -0.814. The average Bonchev–Trinajstić information content (AvgIpc) is 3.01. The van der Waals surface area contributed by atoms with Crippen LogP contribution in [0.4, 0.5) is 10.3 Å². The number of benzene rings is 1. The fraction of sp³-hybridized carbons (Fsp3) is 0.211. The van der Waals surface area contributed by atoms with Crippen LogP contribution >= 0.6 is 0 Å². The summed E-state index contributed by atoms with van der Waals surface area (Å²) >= 11 is 0. The highest BCUT2D eigenvalue weighted by molar-refractivity contribution is 5.79. The van der Waals surface area contributed by atoms with E-state index in [4.69, 9.17) is 5.11 Å². The number of hydrazine groups is 1. The minimum atomic E-state index is -1.05. The van der Waals surface area contributed by atoms with E-state index < -0.39 is 5.97 Å². The van der Waals surface area contributed by atoms with Crippen molar-refractivity contribution in [2.75, 3.05) is 5.01 Å². The summed E-state index contributed by atoms with van der Waals surface area (Å²) in [4.78, 5) is 19.7. The van der Waals surface area contributed by atoms with Gasteiger partial charge in [0.05, 0.1) is 6.04 Å². The van der Waals surface area contributed by atoms with Crippen molar-refractivity contribution in [1.29, 1.82) is 0 Å². The molecule has 2 heterocycles. The van der Waals surface area contributed by atoms with E-state index in [0.717, 1.165) is 17.3 Å². The number of hydrogen-bond acceptors (Lipinski definition) is 5. The SMILES string of the molecule is CC(C)C1=CC(c2ccc(F)cc2)N(c2ncccn2)N1/C=C/C(=O)O. The molecule has 2 aromatic rings. The maximum Gasteiger partial charge on any atom is 0.329 e. The predicted octanol–water partition coefficient (Wildman–Crippen LogP) is 3.53. The Morgan fingerprint density at radius 1 is 1.23 bits per heavy atom. The van der Waals surface area contributed by atoms with E-state index in [1.807, 2.05) is 19.9 Å². The van der Waals surface area contributed by atoms with Gasteiger partial charge in [0.15, 0.2) is 0 Å². The van der Waals surface area contributed by atoms with Crippen LogP contribution in [0.15, 0.2) is 66.8 Å². The van der Waals surface area contributed by atoms with Gasteiger partial charge < -0.3 is 5.11 Å². The molecule has 134 valence electrons. The lowest BCUT2D eigenvalue weighted by Crippen LogP contribution is -2.37. The number of halogens is 1. The Balaban J connectivity index is 2.10. The molecule has 1 unspecified atom stereocenters. The van der Waals surface area contributed by atoms with Crippen LogP contribution in [0.2, 0.25) is 0 Å². The van der Waals surface area contributed by atoms with E-state index in [2.05, 4.69) is 9.97 Å². The molecule has 0 spiro atoms. The van der Waals surface area contributed by atoms with E-state index in [0.29, 0.717) is 5.95 Å². The molecule has 7 heteroatoms. The molecule has 26 heavy (non-hydrogen) atoms. The zero-order chi connectivity index (χ0) is 18.7. The third kappa shape index (κ3) is 3.56. The third-order valence-electron chi connectivity index (χ3n) is 4.01. The molecule has 3 rings (SSSR count). The molecule has 0 radical (unpaired) electrons. The van der Waals surface area contributed by atoms with Gasteiger partial charge in [-0.05, 0) is 35.8 Å². The van der Waals surface area contributed by atoms with E-state index in [9.17, 15) is 9.18 Å². The quantitative estimate of drug-likeness (QED) is 0.829. The molecule has 0 aliphatic carbocycles. The molecule has 0 saturated carbocycles. The zero-order valence-corrected chi connectivity index (χ0v) is 14.5. The van der Waals surface area contributed by atoms with Crippen LogP contribution in [0, 0.1) is 11.7 Å². The molecule has 1 aromatic heterocycles. The molecular formula is C19H19FN4O2. The lowest BCUT2D eigenvalue weighted by molar-refractivity contribution is -0.131. The van der Waals surface area contributed by atoms with Crippen molar-refractivity contribution >= 4 is 11.9 Å². The predicted molar refractivity (Wildman–Crippen MR) is 95.2 cm³/mol. The summed E-state index contributed by atoms with van der Waals surface area (Å²) in [6.07, 6.45) is 7.81. The van der Waals surface area contributed by atoms with Gasteiger partial charge in [-0.15, -0.1) is 0 Å². The normalized spacial score (nSPS) is 17.2. The van der Waals surface area contributed by atoms with Gasteiger partial charge in [0.1, 0.15) is 5.82 Å². The molecule has 6 nitrogen and oxygen atoms in total. The average molecular weight is 354 g/mol. The Morgan fingerprint density at radius 3 is 2.46 bits per heavy atom. The molecule has 1 atom stereocenters. The summed E-state index contributed by atoms with van der Waals surface area (Å²) in [5, 5.41) is 12.6. The Kier molecular flexibility index (Phi) is 4.97. The van der Waals surface area contributed by atoms with Gasteiger partial charge in [-0.2, -0.15) is 0 Å². The van der Waals surface area contributed by atoms with Crippen LogP contribution in [-0.2, 0) is 4.79 Å². The van der Waals surface area contributed by atoms with E-state index >= 15 is 0 Å². The van der Waals surface area contributed by atoms with Gasteiger partial charge in [0.25, 0.3) is 0 Å². The molecule has 0 saturated heterocycles. The minimum absolute atomic E-state index is 0.130. The number of hydrogen-bond donors (Lipinski definition) is 1. The topological polar surface area (TPSA) is 69.6 Å². The van der Waals surface area contributed by atoms with Crippen LogP contribution < -0.4 is 5.01 Å². The van der Waals surface area contributed by atoms with Crippen molar-refractivity contribution in [3.63, 3.8) is 0 Å². The van der Waals surface area contributed by atoms with E-state index in [-0.39, 0.29) is 17.8 Å². The van der Waals surface area contributed by atoms with Gasteiger partial charge in [-0.1, -0.05) is 26.0 Å². The standard InChI is InChI=1S/C19H19FN4O2/c1-13(2)16-12-17(14-4-6-15(20)7-5-14)24(19-21-9-3-10-22-19)23(16)11-8-18(25)26/h3-13,17H,1-2H3,(H,25,26)/b11-8+. The monoisotopic (exact) mass is 354 g/mol. The lowest BCUT2D eigenvalue weighted by Gasteiger charge is -2.34. The van der Waals surface area contributed by atoms with Crippen LogP contribution in [-0.4, -0.2) is 26.1 Å². The Bertz CT molecular complexity index is 834. The summed E-state index contributed by atoms with van der Waals surface area (Å²) in [6.45, 7) is 4.04. The zero-order valence-electron chi connectivity index (χ0n) is 14.5. The van der Waals surface area contributed by atoms with E-state index in [1.165, 1.54) is 18.3 Å². The molecule has 0 bridgehead atoms. The Hall–Kier alpha value is -3.22. The Morgan fingerprint density at radius 2 is 1.88 bits per heavy atom. The van der Waals surface area contributed by atoms with Crippen molar-refractivity contribution < 1.29 is 14.3 Å². The van der Waals surface area contributed by atoms with Gasteiger partial charge in [0.2, 0.25) is 5.95 Å². The maximum absolute atomic E-state index is 13.3. The smallest absolute Gasteiger partial charge is 0.329 e. The molecule has 1 aromatic carbocycles. The first-order valence-corrected chi connectivity index (χ1v) is 8.21. The number of carboxylic acids is 1. The highest BCUT2D eigenvalue weighted by atomic mass is 19.1. The minimum Gasteiger partial charge on any atom is -0.478 e. The van der Waals surface area contributed by atoms with Gasteiger partial charge in [-0.3, -0.25) is 5.01 Å². The molecule has 1 aliphatic rings. The van der Waals surface area contributed by atoms with Crippen LogP contribution in [0.25, 0.3) is 0 Å². The van der Waals surface area contributed by atoms with Crippen molar-refractivity contribution in [3.8, 4) is 0 Å². The number of allylic oxidation sites excluding steroid dienone is 1. The number of nitrogens with zero attached hydrogens (tertiary/aromatic N) is 4. The first kappa shape index (κ1) is 17.6. The van der Waals surface area contributed by atoms with Gasteiger partial charge in [0, 0.05) is 30.4 Å². The largest absolute Gasteiger partial charge is 0.478 e.